The van der Waals surface area contributed by atoms with Crippen molar-refractivity contribution in [1.82, 2.24) is 0 Å². The van der Waals surface area contributed by atoms with E-state index < -0.39 is 17.6 Å². The average molecular weight is 302 g/mol. The maximum atomic E-state index is 13.5. The van der Waals surface area contributed by atoms with Gasteiger partial charge in [0.05, 0.1) is 17.7 Å². The largest absolute Gasteiger partial charge is 0.419 e. The van der Waals surface area contributed by atoms with Gasteiger partial charge >= 0.3 is 6.18 Å². The molecule has 0 aliphatic carbocycles. The first-order valence-corrected chi connectivity index (χ1v) is 6.69. The van der Waals surface area contributed by atoms with Gasteiger partial charge in [-0.2, -0.15) is 13.2 Å². The number of hydrogen-bond acceptors (Lipinski definition) is 3. The van der Waals surface area contributed by atoms with Crippen LogP contribution in [-0.2, 0) is 17.3 Å². The molecule has 2 heterocycles. The van der Waals surface area contributed by atoms with Gasteiger partial charge in [0.1, 0.15) is 17.8 Å². The van der Waals surface area contributed by atoms with Gasteiger partial charge in [-0.1, -0.05) is 6.07 Å². The summed E-state index contributed by atoms with van der Waals surface area (Å²) in [5, 5.41) is 0. The monoisotopic (exact) mass is 302 g/mol. The standard InChI is InChI=1S/C14H14F4N2O/c15-10-5-7(2-4-9(10)14(16,17)18)1-3-8-6-11-12(21-11)13(19)20-8/h2,4-5,8,11-12H,1,3,6H2,(H2,19,20)/t8-,11?,12?/m0/s1. The van der Waals surface area contributed by atoms with Gasteiger partial charge in [-0.3, -0.25) is 4.99 Å². The highest BCUT2D eigenvalue weighted by molar-refractivity contribution is 5.88. The maximum Gasteiger partial charge on any atom is 0.419 e. The third-order valence-electron chi connectivity index (χ3n) is 3.82. The van der Waals surface area contributed by atoms with E-state index in [1.54, 1.807) is 0 Å². The molecule has 0 amide bonds. The summed E-state index contributed by atoms with van der Waals surface area (Å²) in [6.45, 7) is 0. The van der Waals surface area contributed by atoms with Crippen molar-refractivity contribution < 1.29 is 22.3 Å². The molecular formula is C14H14F4N2O. The quantitative estimate of drug-likeness (QED) is 0.689. The summed E-state index contributed by atoms with van der Waals surface area (Å²) in [5.41, 5.74) is 5.00. The van der Waals surface area contributed by atoms with Crippen molar-refractivity contribution in [3.63, 3.8) is 0 Å². The number of aliphatic imine (C=N–C) groups is 1. The summed E-state index contributed by atoms with van der Waals surface area (Å²) in [6.07, 6.45) is -2.77. The highest BCUT2D eigenvalue weighted by Gasteiger charge is 2.46. The molecular weight excluding hydrogens is 288 g/mol. The third-order valence-corrected chi connectivity index (χ3v) is 3.82. The topological polar surface area (TPSA) is 50.9 Å². The van der Waals surface area contributed by atoms with Crippen LogP contribution < -0.4 is 5.73 Å². The van der Waals surface area contributed by atoms with Crippen molar-refractivity contribution in [3.05, 3.63) is 35.1 Å². The molecule has 3 rings (SSSR count). The first-order valence-electron chi connectivity index (χ1n) is 6.69. The second kappa shape index (κ2) is 4.98. The second-order valence-corrected chi connectivity index (χ2v) is 5.39. The van der Waals surface area contributed by atoms with Crippen molar-refractivity contribution >= 4 is 5.84 Å². The predicted octanol–water partition coefficient (Wildman–Crippen LogP) is 2.67. The average Bonchev–Trinajstić information content (AvgIpc) is 3.15. The number of rotatable bonds is 3. The Kier molecular flexibility index (Phi) is 3.39. The third kappa shape index (κ3) is 3.02. The highest BCUT2D eigenvalue weighted by atomic mass is 19.4. The molecule has 1 fully saturated rings. The number of halogens is 4. The first kappa shape index (κ1) is 14.3. The van der Waals surface area contributed by atoms with Gasteiger partial charge in [0.15, 0.2) is 0 Å². The van der Waals surface area contributed by atoms with E-state index in [1.807, 2.05) is 0 Å². The van der Waals surface area contributed by atoms with E-state index in [1.165, 1.54) is 6.07 Å². The normalized spacial score (nSPS) is 28.0. The zero-order valence-electron chi connectivity index (χ0n) is 11.0. The number of nitrogens with zero attached hydrogens (tertiary/aromatic N) is 1. The van der Waals surface area contributed by atoms with E-state index in [0.717, 1.165) is 18.6 Å². The lowest BCUT2D eigenvalue weighted by Crippen LogP contribution is -2.29. The Morgan fingerprint density at radius 2 is 2.10 bits per heavy atom. The molecule has 3 atom stereocenters. The van der Waals surface area contributed by atoms with Crippen LogP contribution in [0, 0.1) is 5.82 Å². The molecule has 1 saturated heterocycles. The molecule has 0 bridgehead atoms. The minimum atomic E-state index is -4.66. The zero-order chi connectivity index (χ0) is 15.2. The van der Waals surface area contributed by atoms with Crippen LogP contribution in [0.1, 0.15) is 24.0 Å². The number of ether oxygens (including phenoxy) is 1. The number of nitrogens with two attached hydrogens (primary N) is 1. The number of benzene rings is 1. The number of aryl methyl sites for hydroxylation is 1. The lowest BCUT2D eigenvalue weighted by Gasteiger charge is -2.16. The molecule has 2 aliphatic heterocycles. The Morgan fingerprint density at radius 1 is 1.33 bits per heavy atom. The van der Waals surface area contributed by atoms with Crippen LogP contribution in [0.2, 0.25) is 0 Å². The molecule has 7 heteroatoms. The maximum absolute atomic E-state index is 13.5. The van der Waals surface area contributed by atoms with Gasteiger partial charge in [0.25, 0.3) is 0 Å². The molecule has 21 heavy (non-hydrogen) atoms. The lowest BCUT2D eigenvalue weighted by atomic mass is 9.98. The number of epoxide rings is 1. The summed E-state index contributed by atoms with van der Waals surface area (Å²) in [7, 11) is 0. The molecule has 0 radical (unpaired) electrons. The first-order chi connectivity index (χ1) is 9.84. The molecule has 0 saturated carbocycles. The highest BCUT2D eigenvalue weighted by Crippen LogP contribution is 2.34. The smallest absolute Gasteiger partial charge is 0.385 e. The molecule has 2 N–H and O–H groups in total. The zero-order valence-corrected chi connectivity index (χ0v) is 11.0. The fraction of sp³-hybridized carbons (Fsp3) is 0.500. The number of alkyl halides is 3. The van der Waals surface area contributed by atoms with Crippen molar-refractivity contribution in [2.24, 2.45) is 10.7 Å². The summed E-state index contributed by atoms with van der Waals surface area (Å²) in [5.74, 6) is -0.757. The SMILES string of the molecule is NC1=N[C@@H](CCc2ccc(C(F)(F)F)c(F)c2)CC2OC12. The molecule has 114 valence electrons. The van der Waals surface area contributed by atoms with E-state index in [0.29, 0.717) is 24.2 Å². The van der Waals surface area contributed by atoms with Gasteiger partial charge in [0, 0.05) is 0 Å². The summed E-state index contributed by atoms with van der Waals surface area (Å²) >= 11 is 0. The van der Waals surface area contributed by atoms with E-state index >= 15 is 0 Å². The summed E-state index contributed by atoms with van der Waals surface area (Å²) in [6, 6.07) is 3.01. The van der Waals surface area contributed by atoms with Crippen LogP contribution in [0.3, 0.4) is 0 Å². The van der Waals surface area contributed by atoms with Gasteiger partial charge in [-0.05, 0) is 37.0 Å². The Bertz CT molecular complexity index is 585. The molecule has 1 aromatic rings. The van der Waals surface area contributed by atoms with Crippen molar-refractivity contribution in [1.29, 1.82) is 0 Å². The van der Waals surface area contributed by atoms with Gasteiger partial charge in [-0.15, -0.1) is 0 Å². The Morgan fingerprint density at radius 3 is 2.71 bits per heavy atom. The fourth-order valence-electron chi connectivity index (χ4n) is 2.65. The Hall–Kier alpha value is -1.63. The van der Waals surface area contributed by atoms with E-state index in [2.05, 4.69) is 4.99 Å². The molecule has 0 aromatic heterocycles. The molecule has 1 aromatic carbocycles. The van der Waals surface area contributed by atoms with Crippen molar-refractivity contribution in [3.8, 4) is 0 Å². The number of hydrogen-bond donors (Lipinski definition) is 1. The van der Waals surface area contributed by atoms with E-state index in [4.69, 9.17) is 10.5 Å². The van der Waals surface area contributed by atoms with Crippen molar-refractivity contribution in [2.45, 2.75) is 43.7 Å². The van der Waals surface area contributed by atoms with Gasteiger partial charge in [-0.25, -0.2) is 4.39 Å². The second-order valence-electron chi connectivity index (χ2n) is 5.39. The summed E-state index contributed by atoms with van der Waals surface area (Å²) < 4.78 is 56.1. The van der Waals surface area contributed by atoms with Crippen LogP contribution in [0.25, 0.3) is 0 Å². The molecule has 3 nitrogen and oxygen atoms in total. The minimum absolute atomic E-state index is 0.0147. The lowest BCUT2D eigenvalue weighted by molar-refractivity contribution is -0.140. The fourth-order valence-corrected chi connectivity index (χ4v) is 2.65. The van der Waals surface area contributed by atoms with Crippen LogP contribution >= 0.6 is 0 Å². The van der Waals surface area contributed by atoms with Gasteiger partial charge < -0.3 is 10.5 Å². The Labute approximate surface area is 118 Å². The van der Waals surface area contributed by atoms with E-state index in [-0.39, 0.29) is 18.2 Å². The van der Waals surface area contributed by atoms with E-state index in [9.17, 15) is 17.6 Å². The van der Waals surface area contributed by atoms with Crippen LogP contribution in [-0.4, -0.2) is 24.1 Å². The minimum Gasteiger partial charge on any atom is -0.385 e. The van der Waals surface area contributed by atoms with Crippen molar-refractivity contribution in [2.75, 3.05) is 0 Å². The van der Waals surface area contributed by atoms with Crippen LogP contribution in [0.15, 0.2) is 23.2 Å². The van der Waals surface area contributed by atoms with Gasteiger partial charge in [0.2, 0.25) is 0 Å². The Balaban J connectivity index is 1.63. The van der Waals surface area contributed by atoms with Crippen LogP contribution in [0.4, 0.5) is 17.6 Å². The molecule has 2 unspecified atom stereocenters. The number of amidine groups is 1. The number of fused-ring (bicyclic) bond motifs is 1. The van der Waals surface area contributed by atoms with Crippen LogP contribution in [0.5, 0.6) is 0 Å². The molecule has 0 spiro atoms. The summed E-state index contributed by atoms with van der Waals surface area (Å²) in [4.78, 5) is 4.29. The predicted molar refractivity (Wildman–Crippen MR) is 68.4 cm³/mol. The molecule has 2 aliphatic rings.